The molecule has 2 fully saturated rings. The molecule has 1 aromatic rings. The van der Waals surface area contributed by atoms with Crippen LogP contribution < -0.4 is 5.32 Å². The Morgan fingerprint density at radius 1 is 1.22 bits per heavy atom. The Hall–Kier alpha value is -2.08. The van der Waals surface area contributed by atoms with Gasteiger partial charge in [-0.3, -0.25) is 4.79 Å². The maximum atomic E-state index is 12.8. The van der Waals surface area contributed by atoms with Crippen LogP contribution in [0.15, 0.2) is 24.3 Å². The fourth-order valence-electron chi connectivity index (χ4n) is 3.86. The van der Waals surface area contributed by atoms with Crippen LogP contribution in [0.4, 0.5) is 4.79 Å². The average molecular weight is 373 g/mol. The summed E-state index contributed by atoms with van der Waals surface area (Å²) < 4.78 is 5.45. The molecule has 3 amide bonds. The first-order valence-corrected chi connectivity index (χ1v) is 9.94. The highest BCUT2D eigenvalue weighted by Crippen LogP contribution is 2.24. The molecule has 3 rings (SSSR count). The van der Waals surface area contributed by atoms with Gasteiger partial charge in [-0.1, -0.05) is 29.8 Å². The second kappa shape index (κ2) is 8.74. The monoisotopic (exact) mass is 373 g/mol. The number of nitrogens with one attached hydrogen (secondary N) is 1. The van der Waals surface area contributed by atoms with Crippen LogP contribution in [0, 0.1) is 6.92 Å². The Labute approximate surface area is 161 Å². The zero-order valence-electron chi connectivity index (χ0n) is 16.6. The van der Waals surface area contributed by atoms with E-state index in [1.165, 1.54) is 0 Å². The van der Waals surface area contributed by atoms with E-state index in [0.29, 0.717) is 32.7 Å². The van der Waals surface area contributed by atoms with Gasteiger partial charge in [0.15, 0.2) is 0 Å². The van der Waals surface area contributed by atoms with E-state index >= 15 is 0 Å². The minimum absolute atomic E-state index is 0.0207. The predicted molar refractivity (Wildman–Crippen MR) is 105 cm³/mol. The molecular weight excluding hydrogens is 342 g/mol. The summed E-state index contributed by atoms with van der Waals surface area (Å²) >= 11 is 0. The molecule has 2 saturated heterocycles. The molecule has 0 unspecified atom stereocenters. The second-order valence-corrected chi connectivity index (χ2v) is 7.97. The van der Waals surface area contributed by atoms with E-state index in [9.17, 15) is 9.59 Å². The topological polar surface area (TPSA) is 61.9 Å². The minimum Gasteiger partial charge on any atom is -0.381 e. The highest BCUT2D eigenvalue weighted by Gasteiger charge is 2.40. The molecule has 1 aromatic carbocycles. The van der Waals surface area contributed by atoms with Gasteiger partial charge in [0.25, 0.3) is 0 Å². The van der Waals surface area contributed by atoms with Crippen molar-refractivity contribution in [2.45, 2.75) is 58.2 Å². The van der Waals surface area contributed by atoms with Gasteiger partial charge in [-0.15, -0.1) is 0 Å². The van der Waals surface area contributed by atoms with Crippen molar-refractivity contribution >= 4 is 11.9 Å². The molecule has 27 heavy (non-hydrogen) atoms. The first-order valence-electron chi connectivity index (χ1n) is 9.94. The standard InChI is InChI=1S/C21H31N3O3/c1-15(2)22-21(26)24(18-7-9-27-10-8-18)19-13-23(14-19)20(25)12-17-6-4-5-16(3)11-17/h4-6,11,15,18-19H,7-10,12-14H2,1-3H3,(H,22,26). The Morgan fingerprint density at radius 2 is 1.93 bits per heavy atom. The second-order valence-electron chi connectivity index (χ2n) is 7.97. The molecule has 0 radical (unpaired) electrons. The van der Waals surface area contributed by atoms with Crippen molar-refractivity contribution in [2.24, 2.45) is 0 Å². The number of amides is 3. The summed E-state index contributed by atoms with van der Waals surface area (Å²) in [6, 6.07) is 8.43. The minimum atomic E-state index is -0.0207. The van der Waals surface area contributed by atoms with Gasteiger partial charge in [0.1, 0.15) is 0 Å². The lowest BCUT2D eigenvalue weighted by molar-refractivity contribution is -0.138. The normalized spacial score (nSPS) is 18.3. The third kappa shape index (κ3) is 5.01. The molecule has 148 valence electrons. The number of urea groups is 1. The molecule has 2 aliphatic heterocycles. The summed E-state index contributed by atoms with van der Waals surface area (Å²) in [5.74, 6) is 0.132. The predicted octanol–water partition coefficient (Wildman–Crippen LogP) is 2.35. The van der Waals surface area contributed by atoms with E-state index in [-0.39, 0.29) is 30.1 Å². The number of likely N-dealkylation sites (tertiary alicyclic amines) is 1. The SMILES string of the molecule is Cc1cccc(CC(=O)N2CC(N(C(=O)NC(C)C)C3CCOCC3)C2)c1. The van der Waals surface area contributed by atoms with E-state index in [2.05, 4.69) is 11.4 Å². The average Bonchev–Trinajstić information content (AvgIpc) is 2.57. The van der Waals surface area contributed by atoms with E-state index in [4.69, 9.17) is 4.74 Å². The number of rotatable bonds is 5. The summed E-state index contributed by atoms with van der Waals surface area (Å²) in [6.07, 6.45) is 2.14. The first kappa shape index (κ1) is 19.7. The molecule has 6 heteroatoms. The van der Waals surface area contributed by atoms with E-state index in [1.807, 2.05) is 48.8 Å². The number of hydrogen-bond acceptors (Lipinski definition) is 3. The van der Waals surface area contributed by atoms with E-state index in [1.54, 1.807) is 0 Å². The van der Waals surface area contributed by atoms with Gasteiger partial charge < -0.3 is 19.9 Å². The fraction of sp³-hybridized carbons (Fsp3) is 0.619. The third-order valence-corrected chi connectivity index (χ3v) is 5.28. The van der Waals surface area contributed by atoms with Crippen LogP contribution in [-0.2, 0) is 16.0 Å². The molecule has 0 aromatic heterocycles. The highest BCUT2D eigenvalue weighted by molar-refractivity contribution is 5.81. The van der Waals surface area contributed by atoms with Crippen LogP contribution in [0.3, 0.4) is 0 Å². The van der Waals surface area contributed by atoms with Gasteiger partial charge in [0.05, 0.1) is 12.5 Å². The summed E-state index contributed by atoms with van der Waals surface area (Å²) in [5, 5.41) is 3.02. The number of nitrogens with zero attached hydrogens (tertiary/aromatic N) is 2. The summed E-state index contributed by atoms with van der Waals surface area (Å²) in [5.41, 5.74) is 2.21. The van der Waals surface area contributed by atoms with Gasteiger partial charge in [0, 0.05) is 38.4 Å². The molecule has 2 heterocycles. The number of benzene rings is 1. The lowest BCUT2D eigenvalue weighted by Gasteiger charge is -2.49. The van der Waals surface area contributed by atoms with Crippen molar-refractivity contribution in [3.05, 3.63) is 35.4 Å². The van der Waals surface area contributed by atoms with Crippen LogP contribution in [-0.4, -0.2) is 66.2 Å². The first-order chi connectivity index (χ1) is 12.9. The molecule has 6 nitrogen and oxygen atoms in total. The summed E-state index contributed by atoms with van der Waals surface area (Å²) in [7, 11) is 0. The number of carbonyl (C=O) groups is 2. The maximum Gasteiger partial charge on any atom is 0.318 e. The summed E-state index contributed by atoms with van der Waals surface area (Å²) in [4.78, 5) is 29.2. The number of ether oxygens (including phenoxy) is 1. The molecule has 0 bridgehead atoms. The molecule has 0 atom stereocenters. The van der Waals surface area contributed by atoms with Crippen LogP contribution in [0.25, 0.3) is 0 Å². The molecule has 0 saturated carbocycles. The molecule has 2 aliphatic rings. The van der Waals surface area contributed by atoms with E-state index < -0.39 is 0 Å². The quantitative estimate of drug-likeness (QED) is 0.862. The van der Waals surface area contributed by atoms with Gasteiger partial charge >= 0.3 is 6.03 Å². The van der Waals surface area contributed by atoms with Gasteiger partial charge in [-0.2, -0.15) is 0 Å². The molecule has 0 aliphatic carbocycles. The third-order valence-electron chi connectivity index (χ3n) is 5.28. The maximum absolute atomic E-state index is 12.8. The summed E-state index contributed by atoms with van der Waals surface area (Å²) in [6.45, 7) is 8.60. The number of aryl methyl sites for hydroxylation is 1. The van der Waals surface area contributed by atoms with Gasteiger partial charge in [-0.05, 0) is 39.2 Å². The highest BCUT2D eigenvalue weighted by atomic mass is 16.5. The van der Waals surface area contributed by atoms with Crippen molar-refractivity contribution in [1.29, 1.82) is 0 Å². The Morgan fingerprint density at radius 3 is 2.56 bits per heavy atom. The van der Waals surface area contributed by atoms with Crippen molar-refractivity contribution in [3.63, 3.8) is 0 Å². The van der Waals surface area contributed by atoms with Crippen LogP contribution in [0.1, 0.15) is 37.8 Å². The Balaban J connectivity index is 1.59. The zero-order chi connectivity index (χ0) is 19.4. The van der Waals surface area contributed by atoms with Crippen molar-refractivity contribution in [1.82, 2.24) is 15.1 Å². The van der Waals surface area contributed by atoms with Gasteiger partial charge in [0.2, 0.25) is 5.91 Å². The van der Waals surface area contributed by atoms with Crippen molar-refractivity contribution in [2.75, 3.05) is 26.3 Å². The molecule has 0 spiro atoms. The largest absolute Gasteiger partial charge is 0.381 e. The van der Waals surface area contributed by atoms with Crippen LogP contribution in [0.5, 0.6) is 0 Å². The zero-order valence-corrected chi connectivity index (χ0v) is 16.6. The van der Waals surface area contributed by atoms with Crippen molar-refractivity contribution in [3.8, 4) is 0 Å². The fourth-order valence-corrected chi connectivity index (χ4v) is 3.86. The number of hydrogen-bond donors (Lipinski definition) is 1. The van der Waals surface area contributed by atoms with E-state index in [0.717, 1.165) is 24.0 Å². The lowest BCUT2D eigenvalue weighted by atomic mass is 9.99. The molecular formula is C21H31N3O3. The number of carbonyl (C=O) groups excluding carboxylic acids is 2. The Bertz CT molecular complexity index is 664. The van der Waals surface area contributed by atoms with Crippen LogP contribution >= 0.6 is 0 Å². The smallest absolute Gasteiger partial charge is 0.318 e. The Kier molecular flexibility index (Phi) is 6.37. The van der Waals surface area contributed by atoms with Crippen LogP contribution in [0.2, 0.25) is 0 Å². The lowest BCUT2D eigenvalue weighted by Crippen LogP contribution is -2.66. The van der Waals surface area contributed by atoms with Gasteiger partial charge in [-0.25, -0.2) is 4.79 Å². The van der Waals surface area contributed by atoms with Crippen molar-refractivity contribution < 1.29 is 14.3 Å². The molecule has 1 N–H and O–H groups in total.